The van der Waals surface area contributed by atoms with E-state index in [2.05, 4.69) is 10.3 Å². The van der Waals surface area contributed by atoms with Gasteiger partial charge in [0.25, 0.3) is 5.91 Å². The van der Waals surface area contributed by atoms with Gasteiger partial charge in [0.2, 0.25) is 0 Å². The van der Waals surface area contributed by atoms with E-state index in [1.54, 1.807) is 25.3 Å². The number of aliphatic hydroxyl groups is 1. The maximum absolute atomic E-state index is 11.9. The van der Waals surface area contributed by atoms with Gasteiger partial charge in [-0.15, -0.1) is 0 Å². The summed E-state index contributed by atoms with van der Waals surface area (Å²) >= 11 is 0. The summed E-state index contributed by atoms with van der Waals surface area (Å²) in [5.74, 6) is -0.222. The molecular weight excluding hydrogens is 240 g/mol. The Labute approximate surface area is 112 Å². The Bertz CT molecular complexity index is 555. The molecule has 0 aliphatic rings. The maximum atomic E-state index is 11.9. The highest BCUT2D eigenvalue weighted by atomic mass is 16.3. The van der Waals surface area contributed by atoms with Crippen molar-refractivity contribution in [2.24, 2.45) is 0 Å². The molecule has 0 spiro atoms. The summed E-state index contributed by atoms with van der Waals surface area (Å²) in [5.41, 5.74) is 1.99. The summed E-state index contributed by atoms with van der Waals surface area (Å²) in [5, 5.41) is 12.7. The van der Waals surface area contributed by atoms with Crippen LogP contribution in [0.25, 0.3) is 0 Å². The minimum atomic E-state index is -0.706. The Morgan fingerprint density at radius 3 is 2.68 bits per heavy atom. The summed E-state index contributed by atoms with van der Waals surface area (Å²) in [7, 11) is 0. The van der Waals surface area contributed by atoms with Crippen molar-refractivity contribution in [1.82, 2.24) is 10.3 Å². The number of aromatic nitrogens is 1. The largest absolute Gasteiger partial charge is 0.387 e. The fraction of sp³-hybridized carbons (Fsp3) is 0.200. The first-order valence-electron chi connectivity index (χ1n) is 6.11. The molecule has 1 heterocycles. The lowest BCUT2D eigenvalue weighted by Crippen LogP contribution is -2.29. The fourth-order valence-corrected chi connectivity index (χ4v) is 1.80. The van der Waals surface area contributed by atoms with Crippen molar-refractivity contribution in [2.45, 2.75) is 13.0 Å². The van der Waals surface area contributed by atoms with Gasteiger partial charge in [-0.05, 0) is 24.6 Å². The van der Waals surface area contributed by atoms with E-state index in [0.29, 0.717) is 11.3 Å². The van der Waals surface area contributed by atoms with Crippen molar-refractivity contribution in [2.75, 3.05) is 6.54 Å². The lowest BCUT2D eigenvalue weighted by molar-refractivity contribution is 0.0915. The SMILES string of the molecule is Cc1ncccc1C(=O)NCC(O)c1ccccc1. The van der Waals surface area contributed by atoms with E-state index in [-0.39, 0.29) is 12.5 Å². The summed E-state index contributed by atoms with van der Waals surface area (Å²) in [4.78, 5) is 16.0. The van der Waals surface area contributed by atoms with Crippen molar-refractivity contribution in [3.63, 3.8) is 0 Å². The minimum absolute atomic E-state index is 0.178. The van der Waals surface area contributed by atoms with Gasteiger partial charge in [0.05, 0.1) is 11.7 Å². The molecule has 2 rings (SSSR count). The average molecular weight is 256 g/mol. The van der Waals surface area contributed by atoms with E-state index in [1.165, 1.54) is 0 Å². The molecule has 19 heavy (non-hydrogen) atoms. The highest BCUT2D eigenvalue weighted by Gasteiger charge is 2.12. The molecule has 0 radical (unpaired) electrons. The highest BCUT2D eigenvalue weighted by molar-refractivity contribution is 5.95. The van der Waals surface area contributed by atoms with E-state index < -0.39 is 6.10 Å². The molecule has 0 fully saturated rings. The normalized spacial score (nSPS) is 11.9. The number of hydrogen-bond acceptors (Lipinski definition) is 3. The molecular formula is C15H16N2O2. The summed E-state index contributed by atoms with van der Waals surface area (Å²) in [6.07, 6.45) is 0.937. The fourth-order valence-electron chi connectivity index (χ4n) is 1.80. The van der Waals surface area contributed by atoms with Crippen molar-refractivity contribution in [1.29, 1.82) is 0 Å². The number of aliphatic hydroxyl groups excluding tert-OH is 1. The molecule has 0 bridgehead atoms. The molecule has 98 valence electrons. The first-order valence-corrected chi connectivity index (χ1v) is 6.11. The number of amides is 1. The van der Waals surface area contributed by atoms with Crippen molar-refractivity contribution in [3.8, 4) is 0 Å². The smallest absolute Gasteiger partial charge is 0.253 e. The van der Waals surface area contributed by atoms with Gasteiger partial charge in [-0.1, -0.05) is 30.3 Å². The highest BCUT2D eigenvalue weighted by Crippen LogP contribution is 2.11. The zero-order valence-electron chi connectivity index (χ0n) is 10.7. The second kappa shape index (κ2) is 6.11. The Morgan fingerprint density at radius 2 is 2.00 bits per heavy atom. The van der Waals surface area contributed by atoms with Crippen molar-refractivity contribution >= 4 is 5.91 Å². The van der Waals surface area contributed by atoms with Crippen LogP contribution in [-0.2, 0) is 0 Å². The number of hydrogen-bond donors (Lipinski definition) is 2. The van der Waals surface area contributed by atoms with E-state index in [0.717, 1.165) is 5.56 Å². The molecule has 0 aliphatic heterocycles. The molecule has 0 saturated carbocycles. The molecule has 1 atom stereocenters. The zero-order valence-corrected chi connectivity index (χ0v) is 10.7. The van der Waals surface area contributed by atoms with Gasteiger partial charge in [0, 0.05) is 18.4 Å². The molecule has 4 nitrogen and oxygen atoms in total. The molecule has 4 heteroatoms. The van der Waals surface area contributed by atoms with Crippen molar-refractivity contribution < 1.29 is 9.90 Å². The quantitative estimate of drug-likeness (QED) is 0.877. The first kappa shape index (κ1) is 13.2. The first-order chi connectivity index (χ1) is 9.18. The van der Waals surface area contributed by atoms with E-state index in [4.69, 9.17) is 0 Å². The Hall–Kier alpha value is -2.20. The summed E-state index contributed by atoms with van der Waals surface area (Å²) in [6, 6.07) is 12.7. The van der Waals surface area contributed by atoms with Gasteiger partial charge in [0.15, 0.2) is 0 Å². The van der Waals surface area contributed by atoms with Gasteiger partial charge in [-0.3, -0.25) is 9.78 Å². The van der Waals surface area contributed by atoms with Gasteiger partial charge in [-0.25, -0.2) is 0 Å². The molecule has 0 saturated heterocycles. The maximum Gasteiger partial charge on any atom is 0.253 e. The standard InChI is InChI=1S/C15H16N2O2/c1-11-13(8-5-9-16-11)15(19)17-10-14(18)12-6-3-2-4-7-12/h2-9,14,18H,10H2,1H3,(H,17,19). The number of aryl methyl sites for hydroxylation is 1. The zero-order chi connectivity index (χ0) is 13.7. The second-order valence-electron chi connectivity index (χ2n) is 4.27. The van der Waals surface area contributed by atoms with Crippen LogP contribution < -0.4 is 5.32 Å². The second-order valence-corrected chi connectivity index (χ2v) is 4.27. The lowest BCUT2D eigenvalue weighted by atomic mass is 10.1. The van der Waals surface area contributed by atoms with E-state index >= 15 is 0 Å². The van der Waals surface area contributed by atoms with Gasteiger partial charge in [-0.2, -0.15) is 0 Å². The molecule has 2 aromatic rings. The van der Waals surface area contributed by atoms with Crippen LogP contribution in [0, 0.1) is 6.92 Å². The third-order valence-corrected chi connectivity index (χ3v) is 2.89. The third kappa shape index (κ3) is 3.39. The van der Waals surface area contributed by atoms with Crippen LogP contribution in [0.3, 0.4) is 0 Å². The van der Waals surface area contributed by atoms with Gasteiger partial charge >= 0.3 is 0 Å². The van der Waals surface area contributed by atoms with Crippen LogP contribution >= 0.6 is 0 Å². The van der Waals surface area contributed by atoms with Crippen LogP contribution in [0.4, 0.5) is 0 Å². The number of benzene rings is 1. The predicted octanol–water partition coefficient (Wildman–Crippen LogP) is 1.85. The molecule has 1 aromatic carbocycles. The minimum Gasteiger partial charge on any atom is -0.387 e. The number of nitrogens with zero attached hydrogens (tertiary/aromatic N) is 1. The van der Waals surface area contributed by atoms with Crippen LogP contribution in [0.2, 0.25) is 0 Å². The molecule has 1 amide bonds. The van der Waals surface area contributed by atoms with Crippen LogP contribution in [0.5, 0.6) is 0 Å². The van der Waals surface area contributed by atoms with Crippen LogP contribution in [-0.4, -0.2) is 22.5 Å². The van der Waals surface area contributed by atoms with Crippen molar-refractivity contribution in [3.05, 3.63) is 65.5 Å². The molecule has 2 N–H and O–H groups in total. The lowest BCUT2D eigenvalue weighted by Gasteiger charge is -2.12. The van der Waals surface area contributed by atoms with Crippen LogP contribution in [0.15, 0.2) is 48.7 Å². The van der Waals surface area contributed by atoms with E-state index in [1.807, 2.05) is 30.3 Å². The Balaban J connectivity index is 1.96. The van der Waals surface area contributed by atoms with E-state index in [9.17, 15) is 9.90 Å². The monoisotopic (exact) mass is 256 g/mol. The number of nitrogens with one attached hydrogen (secondary N) is 1. The number of pyridine rings is 1. The number of carbonyl (C=O) groups excluding carboxylic acids is 1. The molecule has 1 aromatic heterocycles. The average Bonchev–Trinajstić information content (AvgIpc) is 2.46. The Kier molecular flexibility index (Phi) is 4.26. The summed E-state index contributed by atoms with van der Waals surface area (Å²) < 4.78 is 0. The molecule has 0 aliphatic carbocycles. The Morgan fingerprint density at radius 1 is 1.26 bits per heavy atom. The van der Waals surface area contributed by atoms with Gasteiger partial charge in [0.1, 0.15) is 0 Å². The summed E-state index contributed by atoms with van der Waals surface area (Å²) in [6.45, 7) is 1.96. The molecule has 1 unspecified atom stereocenters. The van der Waals surface area contributed by atoms with Crippen LogP contribution in [0.1, 0.15) is 27.7 Å². The van der Waals surface area contributed by atoms with Gasteiger partial charge < -0.3 is 10.4 Å². The number of rotatable bonds is 4. The number of carbonyl (C=O) groups is 1. The predicted molar refractivity (Wildman–Crippen MR) is 72.7 cm³/mol. The third-order valence-electron chi connectivity index (χ3n) is 2.89. The topological polar surface area (TPSA) is 62.2 Å².